The highest BCUT2D eigenvalue weighted by atomic mass is 32.1. The summed E-state index contributed by atoms with van der Waals surface area (Å²) >= 11 is 4.93. The van der Waals surface area contributed by atoms with Gasteiger partial charge < -0.3 is 10.1 Å². The van der Waals surface area contributed by atoms with Crippen molar-refractivity contribution < 1.29 is 9.53 Å². The summed E-state index contributed by atoms with van der Waals surface area (Å²) in [4.78, 5) is 10.9. The van der Waals surface area contributed by atoms with Crippen LogP contribution >= 0.6 is 12.2 Å². The molecular weight excluding hydrogens is 214 g/mol. The Bertz CT molecular complexity index is 212. The predicted molar refractivity (Wildman–Crippen MR) is 63.3 cm³/mol. The van der Waals surface area contributed by atoms with Crippen LogP contribution in [-0.4, -0.2) is 24.4 Å². The van der Waals surface area contributed by atoms with Crippen LogP contribution < -0.4 is 16.2 Å². The van der Waals surface area contributed by atoms with Gasteiger partial charge in [0.25, 0.3) is 0 Å². The average molecular weight is 233 g/mol. The van der Waals surface area contributed by atoms with Gasteiger partial charge in [-0.25, -0.2) is 10.2 Å². The van der Waals surface area contributed by atoms with Gasteiger partial charge in [-0.05, 0) is 25.1 Å². The molecular formula is C9H19N3O2S. The molecule has 5 nitrogen and oxygen atoms in total. The largest absolute Gasteiger partial charge is 0.449 e. The lowest BCUT2D eigenvalue weighted by molar-refractivity contribution is 0.150. The summed E-state index contributed by atoms with van der Waals surface area (Å²) in [6.45, 7) is 7.08. The number of hydrazine groups is 1. The molecule has 15 heavy (non-hydrogen) atoms. The molecule has 0 saturated carbocycles. The van der Waals surface area contributed by atoms with Gasteiger partial charge in [-0.15, -0.1) is 0 Å². The van der Waals surface area contributed by atoms with Crippen molar-refractivity contribution >= 4 is 23.4 Å². The van der Waals surface area contributed by atoms with E-state index >= 15 is 0 Å². The lowest BCUT2D eigenvalue weighted by atomic mass is 10.1. The molecule has 1 atom stereocenters. The number of nitrogens with one attached hydrogen (secondary N) is 3. The van der Waals surface area contributed by atoms with Crippen LogP contribution in [-0.2, 0) is 4.74 Å². The molecule has 88 valence electrons. The topological polar surface area (TPSA) is 62.4 Å². The highest BCUT2D eigenvalue weighted by Crippen LogP contribution is 1.96. The highest BCUT2D eigenvalue weighted by Gasteiger charge is 2.02. The van der Waals surface area contributed by atoms with Gasteiger partial charge >= 0.3 is 6.09 Å². The Balaban J connectivity index is 3.53. The molecule has 1 amide bonds. The Morgan fingerprint density at radius 3 is 2.60 bits per heavy atom. The molecule has 0 saturated heterocycles. The molecule has 0 aromatic heterocycles. The Hall–Kier alpha value is -1.04. The molecule has 0 aliphatic rings. The van der Waals surface area contributed by atoms with Crippen molar-refractivity contribution in [3.63, 3.8) is 0 Å². The maximum absolute atomic E-state index is 10.9. The first-order valence-corrected chi connectivity index (χ1v) is 5.47. The molecule has 0 aliphatic heterocycles. The zero-order chi connectivity index (χ0) is 11.7. The first-order chi connectivity index (χ1) is 7.10. The van der Waals surface area contributed by atoms with Gasteiger partial charge in [-0.1, -0.05) is 20.3 Å². The van der Waals surface area contributed by atoms with Crippen molar-refractivity contribution in [1.29, 1.82) is 0 Å². The van der Waals surface area contributed by atoms with Gasteiger partial charge in [0.2, 0.25) is 0 Å². The third kappa shape index (κ3) is 7.99. The molecule has 3 N–H and O–H groups in total. The maximum atomic E-state index is 10.9. The maximum Gasteiger partial charge on any atom is 0.425 e. The van der Waals surface area contributed by atoms with Crippen molar-refractivity contribution in [1.82, 2.24) is 16.2 Å². The number of hydrogen-bond acceptors (Lipinski definition) is 3. The summed E-state index contributed by atoms with van der Waals surface area (Å²) in [6, 6.07) is 0. The molecule has 0 spiro atoms. The number of carbonyl (C=O) groups excluding carboxylic acids is 1. The summed E-state index contributed by atoms with van der Waals surface area (Å²) in [5.74, 6) is 0.548. The van der Waals surface area contributed by atoms with Gasteiger partial charge in [-0.2, -0.15) is 0 Å². The zero-order valence-corrected chi connectivity index (χ0v) is 10.2. The minimum atomic E-state index is -0.537. The first kappa shape index (κ1) is 14.0. The lowest BCUT2D eigenvalue weighted by Crippen LogP contribution is -2.47. The van der Waals surface area contributed by atoms with Crippen LogP contribution in [0.4, 0.5) is 4.79 Å². The third-order valence-corrected chi connectivity index (χ3v) is 2.11. The summed E-state index contributed by atoms with van der Waals surface area (Å²) in [5.41, 5.74) is 4.85. The standard InChI is InChI=1S/C9H19N3O2S/c1-4-7(3)6-10-8(15)11-12-9(13)14-5-2/h7H,4-6H2,1-3H3,(H,12,13)(H2,10,11,15). The van der Waals surface area contributed by atoms with Crippen molar-refractivity contribution in [3.05, 3.63) is 0 Å². The zero-order valence-electron chi connectivity index (χ0n) is 9.42. The van der Waals surface area contributed by atoms with E-state index in [-0.39, 0.29) is 0 Å². The van der Waals surface area contributed by atoms with E-state index in [9.17, 15) is 4.79 Å². The fourth-order valence-electron chi connectivity index (χ4n) is 0.730. The predicted octanol–water partition coefficient (Wildman–Crippen LogP) is 1.16. The number of carbonyl (C=O) groups is 1. The quantitative estimate of drug-likeness (QED) is 0.502. The second-order valence-corrected chi connectivity index (χ2v) is 3.60. The number of rotatable bonds is 4. The van der Waals surface area contributed by atoms with E-state index in [1.54, 1.807) is 6.92 Å². The Morgan fingerprint density at radius 2 is 2.07 bits per heavy atom. The number of hydrogen-bond donors (Lipinski definition) is 3. The van der Waals surface area contributed by atoms with Crippen molar-refractivity contribution in [2.24, 2.45) is 5.92 Å². The summed E-state index contributed by atoms with van der Waals surface area (Å²) in [5, 5.41) is 3.37. The number of amides is 1. The van der Waals surface area contributed by atoms with E-state index in [0.29, 0.717) is 17.6 Å². The van der Waals surface area contributed by atoms with E-state index in [1.807, 2.05) is 0 Å². The van der Waals surface area contributed by atoms with Crippen LogP contribution in [0.1, 0.15) is 27.2 Å². The monoisotopic (exact) mass is 233 g/mol. The van der Waals surface area contributed by atoms with Crippen LogP contribution in [0.2, 0.25) is 0 Å². The minimum Gasteiger partial charge on any atom is -0.449 e. The van der Waals surface area contributed by atoms with Crippen molar-refractivity contribution in [2.45, 2.75) is 27.2 Å². The van der Waals surface area contributed by atoms with Crippen molar-refractivity contribution in [2.75, 3.05) is 13.2 Å². The van der Waals surface area contributed by atoms with E-state index in [2.05, 4.69) is 34.8 Å². The molecule has 0 radical (unpaired) electrons. The normalized spacial score (nSPS) is 11.4. The Morgan fingerprint density at radius 1 is 1.40 bits per heavy atom. The number of thiocarbonyl (C=S) groups is 1. The van der Waals surface area contributed by atoms with Crippen LogP contribution in [0.3, 0.4) is 0 Å². The number of ether oxygens (including phenoxy) is 1. The van der Waals surface area contributed by atoms with Crippen LogP contribution in [0.15, 0.2) is 0 Å². The third-order valence-electron chi connectivity index (χ3n) is 1.86. The summed E-state index contributed by atoms with van der Waals surface area (Å²) in [6.07, 6.45) is 0.547. The van der Waals surface area contributed by atoms with E-state index in [4.69, 9.17) is 12.2 Å². The molecule has 0 fully saturated rings. The fourth-order valence-corrected chi connectivity index (χ4v) is 0.865. The molecule has 0 aromatic rings. The molecule has 0 aromatic carbocycles. The van der Waals surface area contributed by atoms with E-state index < -0.39 is 6.09 Å². The lowest BCUT2D eigenvalue weighted by Gasteiger charge is -2.13. The smallest absolute Gasteiger partial charge is 0.425 e. The summed E-state index contributed by atoms with van der Waals surface area (Å²) < 4.78 is 4.64. The van der Waals surface area contributed by atoms with Crippen LogP contribution in [0.5, 0.6) is 0 Å². The fraction of sp³-hybridized carbons (Fsp3) is 0.778. The second kappa shape index (κ2) is 8.28. The van der Waals surface area contributed by atoms with Crippen LogP contribution in [0.25, 0.3) is 0 Å². The second-order valence-electron chi connectivity index (χ2n) is 3.19. The van der Waals surface area contributed by atoms with Crippen molar-refractivity contribution in [3.8, 4) is 0 Å². The molecule has 0 heterocycles. The van der Waals surface area contributed by atoms with Crippen LogP contribution in [0, 0.1) is 5.92 Å². The minimum absolute atomic E-state index is 0.334. The molecule has 1 unspecified atom stereocenters. The Labute approximate surface area is 95.9 Å². The molecule has 0 bridgehead atoms. The van der Waals surface area contributed by atoms with Gasteiger partial charge in [0.15, 0.2) is 5.11 Å². The van der Waals surface area contributed by atoms with E-state index in [0.717, 1.165) is 13.0 Å². The van der Waals surface area contributed by atoms with Gasteiger partial charge in [-0.3, -0.25) is 5.43 Å². The Kier molecular flexibility index (Phi) is 7.71. The summed E-state index contributed by atoms with van der Waals surface area (Å²) in [7, 11) is 0. The first-order valence-electron chi connectivity index (χ1n) is 5.06. The van der Waals surface area contributed by atoms with Gasteiger partial charge in [0.05, 0.1) is 6.61 Å². The van der Waals surface area contributed by atoms with Gasteiger partial charge in [0.1, 0.15) is 0 Å². The average Bonchev–Trinajstić information content (AvgIpc) is 2.23. The molecule has 6 heteroatoms. The molecule has 0 aliphatic carbocycles. The highest BCUT2D eigenvalue weighted by molar-refractivity contribution is 7.80. The molecule has 0 rings (SSSR count). The SMILES string of the molecule is CCOC(=O)NNC(=S)NCC(C)CC. The van der Waals surface area contributed by atoms with Gasteiger partial charge in [0, 0.05) is 6.54 Å². The van der Waals surface area contributed by atoms with E-state index in [1.165, 1.54) is 0 Å².